The van der Waals surface area contributed by atoms with E-state index in [1.165, 1.54) is 18.4 Å². The van der Waals surface area contributed by atoms with Crippen LogP contribution in [0.5, 0.6) is 0 Å². The van der Waals surface area contributed by atoms with E-state index in [9.17, 15) is 0 Å². The van der Waals surface area contributed by atoms with Crippen LogP contribution in [0.3, 0.4) is 0 Å². The van der Waals surface area contributed by atoms with Crippen molar-refractivity contribution < 1.29 is 0 Å². The third-order valence-corrected chi connectivity index (χ3v) is 5.87. The topological polar surface area (TPSA) is 38.9 Å². The lowest BCUT2D eigenvalue weighted by atomic mass is 10.0. The molecule has 5 nitrogen and oxygen atoms in total. The molecule has 0 radical (unpaired) electrons. The third-order valence-electron chi connectivity index (χ3n) is 5.44. The maximum absolute atomic E-state index is 5.80. The lowest BCUT2D eigenvalue weighted by molar-refractivity contribution is 0.187. The summed E-state index contributed by atoms with van der Waals surface area (Å²) in [7, 11) is 0. The molecule has 1 atom stereocenters. The molecule has 3 heterocycles. The van der Waals surface area contributed by atoms with Crippen molar-refractivity contribution in [3.63, 3.8) is 0 Å². The molecule has 2 aromatic heterocycles. The molecule has 1 aromatic carbocycles. The fourth-order valence-electron chi connectivity index (χ4n) is 4.04. The lowest BCUT2D eigenvalue weighted by Crippen LogP contribution is -2.33. The highest BCUT2D eigenvalue weighted by Gasteiger charge is 2.26. The van der Waals surface area contributed by atoms with E-state index in [1.807, 2.05) is 29.2 Å². The van der Waals surface area contributed by atoms with Gasteiger partial charge < -0.3 is 0 Å². The van der Waals surface area contributed by atoms with E-state index < -0.39 is 0 Å². The van der Waals surface area contributed by atoms with Crippen LogP contribution in [-0.4, -0.2) is 36.8 Å². The summed E-state index contributed by atoms with van der Waals surface area (Å²) in [5.74, 6) is 0.938. The minimum absolute atomic E-state index is 0.546. The van der Waals surface area contributed by atoms with E-state index in [2.05, 4.69) is 51.7 Å². The Labute approximate surface area is 171 Å². The Balaban J connectivity index is 1.58. The quantitative estimate of drug-likeness (QED) is 0.552. The monoisotopic (exact) mass is 393 g/mol. The molecule has 0 bridgehead atoms. The molecule has 0 saturated carbocycles. The number of pyridine rings is 1. The van der Waals surface area contributed by atoms with Gasteiger partial charge in [0, 0.05) is 37.1 Å². The summed E-state index contributed by atoms with van der Waals surface area (Å²) in [5, 5.41) is 4.91. The van der Waals surface area contributed by atoms with E-state index >= 15 is 0 Å². The second-order valence-electron chi connectivity index (χ2n) is 7.43. The summed E-state index contributed by atoms with van der Waals surface area (Å²) in [6, 6.07) is 15.3. The number of rotatable bonds is 7. The van der Waals surface area contributed by atoms with Gasteiger partial charge in [-0.1, -0.05) is 37.3 Å². The van der Waals surface area contributed by atoms with E-state index in [0.717, 1.165) is 48.8 Å². The van der Waals surface area contributed by atoms with E-state index in [1.54, 1.807) is 0 Å². The minimum Gasteiger partial charge on any atom is -0.300 e. The summed E-state index contributed by atoms with van der Waals surface area (Å²) < 4.78 is 4.97. The van der Waals surface area contributed by atoms with Gasteiger partial charge in [0.2, 0.25) is 0 Å². The van der Waals surface area contributed by atoms with Crippen LogP contribution in [0.1, 0.15) is 31.7 Å². The maximum atomic E-state index is 5.80. The second kappa shape index (κ2) is 8.80. The molecule has 0 aliphatic carbocycles. The molecular weight excluding hydrogens is 366 g/mol. The van der Waals surface area contributed by atoms with Gasteiger partial charge in [0.1, 0.15) is 0 Å². The first kappa shape index (κ1) is 19.0. The van der Waals surface area contributed by atoms with Crippen molar-refractivity contribution in [2.75, 3.05) is 6.54 Å². The number of aromatic nitrogens is 4. The maximum Gasteiger partial charge on any atom is 0.199 e. The Morgan fingerprint density at radius 3 is 2.64 bits per heavy atom. The predicted octanol–water partition coefficient (Wildman–Crippen LogP) is 4.55. The van der Waals surface area contributed by atoms with Crippen LogP contribution in [0.25, 0.3) is 11.4 Å². The van der Waals surface area contributed by atoms with Crippen molar-refractivity contribution in [3.05, 3.63) is 65.2 Å². The number of benzene rings is 1. The van der Waals surface area contributed by atoms with Crippen molar-refractivity contribution in [1.29, 1.82) is 0 Å². The van der Waals surface area contributed by atoms with Gasteiger partial charge in [0.25, 0.3) is 0 Å². The summed E-state index contributed by atoms with van der Waals surface area (Å²) in [6.45, 7) is 4.91. The Morgan fingerprint density at radius 1 is 1.11 bits per heavy atom. The largest absolute Gasteiger partial charge is 0.300 e. The Morgan fingerprint density at radius 2 is 1.89 bits per heavy atom. The highest BCUT2D eigenvalue weighted by molar-refractivity contribution is 7.71. The molecule has 4 rings (SSSR count). The second-order valence-corrected chi connectivity index (χ2v) is 7.80. The van der Waals surface area contributed by atoms with Crippen LogP contribution in [0.15, 0.2) is 54.9 Å². The fourth-order valence-corrected chi connectivity index (χ4v) is 4.32. The minimum atomic E-state index is 0.546. The molecule has 28 heavy (non-hydrogen) atoms. The third kappa shape index (κ3) is 4.08. The number of hydrogen-bond donors (Lipinski definition) is 0. The first-order chi connectivity index (χ1) is 13.8. The molecule has 3 aromatic rings. The highest BCUT2D eigenvalue weighted by Crippen LogP contribution is 2.23. The normalized spacial score (nSPS) is 17.2. The van der Waals surface area contributed by atoms with Crippen molar-refractivity contribution in [2.45, 2.75) is 51.9 Å². The van der Waals surface area contributed by atoms with Crippen molar-refractivity contribution in [1.82, 2.24) is 24.2 Å². The van der Waals surface area contributed by atoms with Gasteiger partial charge in [0.05, 0.1) is 6.67 Å². The molecule has 6 heteroatoms. The van der Waals surface area contributed by atoms with Crippen molar-refractivity contribution >= 4 is 12.2 Å². The van der Waals surface area contributed by atoms with Crippen LogP contribution in [0.2, 0.25) is 0 Å². The van der Waals surface area contributed by atoms with Gasteiger partial charge in [-0.25, -0.2) is 4.68 Å². The molecule has 0 amide bonds. The zero-order valence-corrected chi connectivity index (χ0v) is 17.2. The predicted molar refractivity (Wildman–Crippen MR) is 114 cm³/mol. The van der Waals surface area contributed by atoms with Crippen molar-refractivity contribution in [2.24, 2.45) is 0 Å². The molecule has 146 valence electrons. The Hall–Kier alpha value is -2.31. The Kier molecular flexibility index (Phi) is 5.98. The van der Waals surface area contributed by atoms with Crippen LogP contribution in [0.4, 0.5) is 0 Å². The smallest absolute Gasteiger partial charge is 0.199 e. The number of hydrogen-bond acceptors (Lipinski definition) is 4. The van der Waals surface area contributed by atoms with Gasteiger partial charge in [-0.05, 0) is 55.6 Å². The molecule has 0 N–H and O–H groups in total. The molecule has 1 fully saturated rings. The Bertz CT molecular complexity index is 948. The first-order valence-corrected chi connectivity index (χ1v) is 10.5. The summed E-state index contributed by atoms with van der Waals surface area (Å²) in [6.07, 6.45) is 8.19. The lowest BCUT2D eigenvalue weighted by Gasteiger charge is -2.24. The van der Waals surface area contributed by atoms with E-state index in [4.69, 9.17) is 17.3 Å². The van der Waals surface area contributed by atoms with Crippen LogP contribution in [-0.2, 0) is 19.6 Å². The SMILES string of the molecule is CCCn1c(-c2ccncc2)nn(CN2CCCC2Cc2ccccc2)c1=S. The van der Waals surface area contributed by atoms with Crippen LogP contribution >= 0.6 is 12.2 Å². The molecule has 0 spiro atoms. The standard InChI is InChI=1S/C22H27N5S/c1-2-14-26-21(19-10-12-23-13-11-19)24-27(22(26)28)17-25-15-6-9-20(25)16-18-7-4-3-5-8-18/h3-5,7-8,10-13,20H,2,6,9,14-17H2,1H3. The van der Waals surface area contributed by atoms with Gasteiger partial charge in [-0.2, -0.15) is 5.10 Å². The van der Waals surface area contributed by atoms with E-state index in [0.29, 0.717) is 6.04 Å². The molecular formula is C22H27N5S. The highest BCUT2D eigenvalue weighted by atomic mass is 32.1. The number of nitrogens with zero attached hydrogens (tertiary/aromatic N) is 5. The molecule has 1 aliphatic rings. The first-order valence-electron chi connectivity index (χ1n) is 10.1. The van der Waals surface area contributed by atoms with Gasteiger partial charge >= 0.3 is 0 Å². The van der Waals surface area contributed by atoms with Crippen LogP contribution < -0.4 is 0 Å². The molecule has 1 saturated heterocycles. The van der Waals surface area contributed by atoms with Gasteiger partial charge in [-0.3, -0.25) is 14.5 Å². The zero-order chi connectivity index (χ0) is 19.3. The van der Waals surface area contributed by atoms with Gasteiger partial charge in [-0.15, -0.1) is 0 Å². The number of likely N-dealkylation sites (tertiary alicyclic amines) is 1. The van der Waals surface area contributed by atoms with E-state index in [-0.39, 0.29) is 0 Å². The fraction of sp³-hybridized carbons (Fsp3) is 0.409. The average Bonchev–Trinajstić information content (AvgIpc) is 3.29. The zero-order valence-electron chi connectivity index (χ0n) is 16.4. The van der Waals surface area contributed by atoms with Crippen LogP contribution in [0, 0.1) is 4.77 Å². The molecule has 1 aliphatic heterocycles. The average molecular weight is 394 g/mol. The summed E-state index contributed by atoms with van der Waals surface area (Å²) in [5.41, 5.74) is 2.47. The summed E-state index contributed by atoms with van der Waals surface area (Å²) in [4.78, 5) is 6.66. The van der Waals surface area contributed by atoms with Crippen molar-refractivity contribution in [3.8, 4) is 11.4 Å². The van der Waals surface area contributed by atoms with Gasteiger partial charge in [0.15, 0.2) is 10.6 Å². The summed E-state index contributed by atoms with van der Waals surface area (Å²) >= 11 is 5.80. The molecule has 1 unspecified atom stereocenters.